The highest BCUT2D eigenvalue weighted by atomic mass is 19.1. The van der Waals surface area contributed by atoms with E-state index in [0.29, 0.717) is 50.2 Å². The van der Waals surface area contributed by atoms with Gasteiger partial charge < -0.3 is 19.9 Å². The molecule has 0 unspecified atom stereocenters. The number of hydrogen-bond donors (Lipinski definition) is 2. The SMILES string of the molecule is C=CC(=O)Nc1ccc(Oc2ccc(F)cc2C)c(-c2cn(C)c(=O)c3ccc(C(=O)NC)cc23)c1. The Morgan fingerprint density at radius 3 is 2.44 bits per heavy atom. The van der Waals surface area contributed by atoms with Gasteiger partial charge in [0.15, 0.2) is 0 Å². The maximum absolute atomic E-state index is 13.7. The number of fused-ring (bicyclic) bond motifs is 1. The fraction of sp³-hybridized carbons (Fsp3) is 0.107. The molecule has 0 fully saturated rings. The van der Waals surface area contributed by atoms with Gasteiger partial charge in [-0.3, -0.25) is 14.4 Å². The van der Waals surface area contributed by atoms with Crippen molar-refractivity contribution >= 4 is 28.3 Å². The molecule has 1 aromatic heterocycles. The Hall–Kier alpha value is -4.72. The van der Waals surface area contributed by atoms with E-state index in [4.69, 9.17) is 4.74 Å². The van der Waals surface area contributed by atoms with E-state index in [1.54, 1.807) is 56.6 Å². The van der Waals surface area contributed by atoms with Gasteiger partial charge in [0, 0.05) is 48.1 Å². The monoisotopic (exact) mass is 485 g/mol. The van der Waals surface area contributed by atoms with Gasteiger partial charge in [0.1, 0.15) is 17.3 Å². The van der Waals surface area contributed by atoms with E-state index in [2.05, 4.69) is 17.2 Å². The Balaban J connectivity index is 1.99. The van der Waals surface area contributed by atoms with E-state index in [0.717, 1.165) is 6.08 Å². The quantitative estimate of drug-likeness (QED) is 0.379. The van der Waals surface area contributed by atoms with Crippen LogP contribution in [0, 0.1) is 12.7 Å². The number of rotatable bonds is 6. The summed E-state index contributed by atoms with van der Waals surface area (Å²) in [7, 11) is 3.16. The first-order valence-corrected chi connectivity index (χ1v) is 11.1. The molecular weight excluding hydrogens is 461 g/mol. The van der Waals surface area contributed by atoms with E-state index >= 15 is 0 Å². The Kier molecular flexibility index (Phi) is 6.69. The molecule has 0 aliphatic heterocycles. The molecule has 0 atom stereocenters. The first kappa shape index (κ1) is 24.4. The van der Waals surface area contributed by atoms with Crippen molar-refractivity contribution in [1.29, 1.82) is 0 Å². The zero-order chi connectivity index (χ0) is 26.0. The maximum Gasteiger partial charge on any atom is 0.258 e. The second-order valence-electron chi connectivity index (χ2n) is 8.21. The molecule has 0 aliphatic carbocycles. The van der Waals surface area contributed by atoms with Crippen molar-refractivity contribution in [3.05, 3.63) is 101 Å². The summed E-state index contributed by atoms with van der Waals surface area (Å²) in [5.41, 5.74) is 2.37. The molecule has 0 spiro atoms. The summed E-state index contributed by atoms with van der Waals surface area (Å²) in [4.78, 5) is 37.2. The molecular formula is C28H24FN3O4. The number of nitrogens with one attached hydrogen (secondary N) is 2. The van der Waals surface area contributed by atoms with Crippen LogP contribution in [0.1, 0.15) is 15.9 Å². The third kappa shape index (κ3) is 4.74. The van der Waals surface area contributed by atoms with Crippen LogP contribution in [0.2, 0.25) is 0 Å². The highest BCUT2D eigenvalue weighted by molar-refractivity contribution is 6.04. The van der Waals surface area contributed by atoms with Crippen molar-refractivity contribution in [2.75, 3.05) is 12.4 Å². The van der Waals surface area contributed by atoms with Crippen LogP contribution < -0.4 is 20.9 Å². The Labute approximate surface area is 206 Å². The minimum Gasteiger partial charge on any atom is -0.456 e. The number of halogens is 1. The van der Waals surface area contributed by atoms with Crippen molar-refractivity contribution in [2.24, 2.45) is 7.05 Å². The number of carbonyl (C=O) groups is 2. The third-order valence-electron chi connectivity index (χ3n) is 5.75. The number of carbonyl (C=O) groups excluding carboxylic acids is 2. The molecule has 0 bridgehead atoms. The van der Waals surface area contributed by atoms with Gasteiger partial charge in [0.05, 0.1) is 0 Å². The average molecular weight is 486 g/mol. The number of ether oxygens (including phenoxy) is 1. The van der Waals surface area contributed by atoms with E-state index in [1.165, 1.54) is 29.8 Å². The predicted octanol–water partition coefficient (Wildman–Crippen LogP) is 4.93. The molecule has 7 nitrogen and oxygen atoms in total. The summed E-state index contributed by atoms with van der Waals surface area (Å²) >= 11 is 0. The van der Waals surface area contributed by atoms with Crippen LogP contribution >= 0.6 is 0 Å². The van der Waals surface area contributed by atoms with Crippen LogP contribution in [0.5, 0.6) is 11.5 Å². The van der Waals surface area contributed by atoms with Gasteiger partial charge >= 0.3 is 0 Å². The lowest BCUT2D eigenvalue weighted by molar-refractivity contribution is -0.111. The summed E-state index contributed by atoms with van der Waals surface area (Å²) in [6.07, 6.45) is 2.81. The number of benzene rings is 3. The summed E-state index contributed by atoms with van der Waals surface area (Å²) in [5, 5.41) is 6.26. The molecule has 4 aromatic rings. The Morgan fingerprint density at radius 1 is 1.00 bits per heavy atom. The third-order valence-corrected chi connectivity index (χ3v) is 5.75. The number of aromatic nitrogens is 1. The Bertz CT molecular complexity index is 1590. The summed E-state index contributed by atoms with van der Waals surface area (Å²) in [6.45, 7) is 5.21. The normalized spacial score (nSPS) is 10.7. The van der Waals surface area contributed by atoms with Crippen molar-refractivity contribution in [2.45, 2.75) is 6.92 Å². The average Bonchev–Trinajstić information content (AvgIpc) is 2.87. The van der Waals surface area contributed by atoms with Gasteiger partial charge in [-0.15, -0.1) is 0 Å². The van der Waals surface area contributed by atoms with Crippen LogP contribution in [0.25, 0.3) is 21.9 Å². The smallest absolute Gasteiger partial charge is 0.258 e. The largest absolute Gasteiger partial charge is 0.456 e. The highest BCUT2D eigenvalue weighted by Gasteiger charge is 2.17. The van der Waals surface area contributed by atoms with E-state index in [-0.39, 0.29) is 17.3 Å². The van der Waals surface area contributed by atoms with Crippen LogP contribution in [0.4, 0.5) is 10.1 Å². The molecule has 2 amide bonds. The molecule has 4 rings (SSSR count). The van der Waals surface area contributed by atoms with Crippen LogP contribution in [-0.2, 0) is 11.8 Å². The lowest BCUT2D eigenvalue weighted by atomic mass is 9.97. The van der Waals surface area contributed by atoms with Crippen molar-refractivity contribution in [3.63, 3.8) is 0 Å². The van der Waals surface area contributed by atoms with Gasteiger partial charge in [-0.25, -0.2) is 4.39 Å². The number of amides is 2. The highest BCUT2D eigenvalue weighted by Crippen LogP contribution is 2.39. The second kappa shape index (κ2) is 9.87. The lowest BCUT2D eigenvalue weighted by Gasteiger charge is -2.17. The van der Waals surface area contributed by atoms with Gasteiger partial charge in [-0.1, -0.05) is 6.58 Å². The zero-order valence-corrected chi connectivity index (χ0v) is 20.0. The van der Waals surface area contributed by atoms with E-state index in [1.807, 2.05) is 0 Å². The first-order valence-electron chi connectivity index (χ1n) is 11.1. The zero-order valence-electron chi connectivity index (χ0n) is 20.0. The van der Waals surface area contributed by atoms with Crippen LogP contribution in [-0.4, -0.2) is 23.4 Å². The number of aryl methyl sites for hydroxylation is 2. The topological polar surface area (TPSA) is 89.4 Å². The molecule has 8 heteroatoms. The molecule has 0 radical (unpaired) electrons. The molecule has 0 saturated carbocycles. The predicted molar refractivity (Wildman–Crippen MR) is 138 cm³/mol. The maximum atomic E-state index is 13.7. The Morgan fingerprint density at radius 2 is 1.75 bits per heavy atom. The van der Waals surface area contributed by atoms with Gasteiger partial charge in [-0.05, 0) is 78.5 Å². The van der Waals surface area contributed by atoms with E-state index < -0.39 is 5.91 Å². The summed E-state index contributed by atoms with van der Waals surface area (Å²) in [6, 6.07) is 14.1. The van der Waals surface area contributed by atoms with Crippen LogP contribution in [0.3, 0.4) is 0 Å². The van der Waals surface area contributed by atoms with Crippen LogP contribution in [0.15, 0.2) is 78.2 Å². The summed E-state index contributed by atoms with van der Waals surface area (Å²) < 4.78 is 21.3. The number of hydrogen-bond acceptors (Lipinski definition) is 4. The van der Waals surface area contributed by atoms with Gasteiger partial charge in [-0.2, -0.15) is 0 Å². The molecule has 36 heavy (non-hydrogen) atoms. The lowest BCUT2D eigenvalue weighted by Crippen LogP contribution is -2.19. The van der Waals surface area contributed by atoms with E-state index in [9.17, 15) is 18.8 Å². The minimum absolute atomic E-state index is 0.231. The fourth-order valence-electron chi connectivity index (χ4n) is 3.91. The minimum atomic E-state index is -0.392. The fourth-order valence-corrected chi connectivity index (χ4v) is 3.91. The summed E-state index contributed by atoms with van der Waals surface area (Å²) in [5.74, 6) is -0.217. The number of nitrogens with zero attached hydrogens (tertiary/aromatic N) is 1. The van der Waals surface area contributed by atoms with Gasteiger partial charge in [0.25, 0.3) is 11.5 Å². The second-order valence-corrected chi connectivity index (χ2v) is 8.21. The molecule has 182 valence electrons. The molecule has 0 aliphatic rings. The standard InChI is InChI=1S/C28H24FN3O4/c1-5-26(33)31-19-8-11-25(36-24-10-7-18(29)12-16(24)2)22(14-19)23-15-32(4)28(35)20-9-6-17(13-21(20)23)27(34)30-3/h5-15H,1H2,2-4H3,(H,30,34)(H,31,33). The first-order chi connectivity index (χ1) is 17.2. The van der Waals surface area contributed by atoms with Crippen molar-refractivity contribution < 1.29 is 18.7 Å². The van der Waals surface area contributed by atoms with Crippen molar-refractivity contribution in [3.8, 4) is 22.6 Å². The van der Waals surface area contributed by atoms with Gasteiger partial charge in [0.2, 0.25) is 5.91 Å². The van der Waals surface area contributed by atoms with Crippen molar-refractivity contribution in [1.82, 2.24) is 9.88 Å². The number of pyridine rings is 1. The molecule has 2 N–H and O–H groups in total. The number of anilines is 1. The molecule has 3 aromatic carbocycles. The molecule has 1 heterocycles. The molecule has 0 saturated heterocycles.